The van der Waals surface area contributed by atoms with Crippen molar-refractivity contribution in [3.63, 3.8) is 0 Å². The molecule has 0 aromatic heterocycles. The molecule has 1 atom stereocenters. The molecule has 1 aromatic carbocycles. The number of carbonyl (C=O) groups is 1. The molecule has 0 aliphatic carbocycles. The third-order valence-electron chi connectivity index (χ3n) is 3.31. The highest BCUT2D eigenvalue weighted by molar-refractivity contribution is 5.67. The summed E-state index contributed by atoms with van der Waals surface area (Å²) in [5.41, 5.74) is 1.01. The number of ether oxygens (including phenoxy) is 1. The van der Waals surface area contributed by atoms with E-state index in [1.807, 2.05) is 37.4 Å². The molecule has 0 spiro atoms. The summed E-state index contributed by atoms with van der Waals surface area (Å²) >= 11 is 0. The molecule has 1 N–H and O–H groups in total. The number of benzene rings is 1. The van der Waals surface area contributed by atoms with Crippen LogP contribution in [-0.4, -0.2) is 37.2 Å². The number of rotatable bonds is 3. The molecule has 1 aliphatic heterocycles. The lowest BCUT2D eigenvalue weighted by molar-refractivity contribution is 0.0860. The Morgan fingerprint density at radius 2 is 2.22 bits per heavy atom. The lowest BCUT2D eigenvalue weighted by Crippen LogP contribution is -2.46. The van der Waals surface area contributed by atoms with Gasteiger partial charge in [0.25, 0.3) is 0 Å². The maximum atomic E-state index is 11.9. The van der Waals surface area contributed by atoms with Gasteiger partial charge in [-0.05, 0) is 24.9 Å². The quantitative estimate of drug-likeness (QED) is 0.889. The number of hydrogen-bond donors (Lipinski definition) is 1. The molecule has 0 radical (unpaired) electrons. The summed E-state index contributed by atoms with van der Waals surface area (Å²) in [6.07, 6.45) is 1.91. The van der Waals surface area contributed by atoms with E-state index in [-0.39, 0.29) is 12.1 Å². The van der Waals surface area contributed by atoms with Crippen molar-refractivity contribution in [1.29, 1.82) is 0 Å². The molecule has 4 nitrogen and oxygen atoms in total. The van der Waals surface area contributed by atoms with E-state index in [2.05, 4.69) is 5.32 Å². The lowest BCUT2D eigenvalue weighted by atomic mass is 10.1. The van der Waals surface area contributed by atoms with Crippen molar-refractivity contribution < 1.29 is 9.53 Å². The molecule has 98 valence electrons. The zero-order valence-electron chi connectivity index (χ0n) is 10.8. The topological polar surface area (TPSA) is 41.6 Å². The van der Waals surface area contributed by atoms with E-state index in [1.165, 1.54) is 0 Å². The maximum Gasteiger partial charge on any atom is 0.410 e. The van der Waals surface area contributed by atoms with Crippen LogP contribution in [0.25, 0.3) is 0 Å². The highest BCUT2D eigenvalue weighted by Gasteiger charge is 2.22. The average Bonchev–Trinajstić information content (AvgIpc) is 2.46. The van der Waals surface area contributed by atoms with Crippen molar-refractivity contribution in [2.45, 2.75) is 25.5 Å². The first-order valence-electron chi connectivity index (χ1n) is 6.41. The van der Waals surface area contributed by atoms with Crippen molar-refractivity contribution in [3.05, 3.63) is 35.9 Å². The Kier molecular flexibility index (Phi) is 4.59. The number of nitrogens with one attached hydrogen (secondary N) is 1. The smallest absolute Gasteiger partial charge is 0.410 e. The molecular weight excluding hydrogens is 228 g/mol. The summed E-state index contributed by atoms with van der Waals surface area (Å²) < 4.78 is 5.30. The largest absolute Gasteiger partial charge is 0.445 e. The second kappa shape index (κ2) is 6.40. The van der Waals surface area contributed by atoms with Gasteiger partial charge in [-0.1, -0.05) is 30.3 Å². The van der Waals surface area contributed by atoms with Gasteiger partial charge in [0.05, 0.1) is 0 Å². The van der Waals surface area contributed by atoms with Crippen LogP contribution in [0.5, 0.6) is 0 Å². The van der Waals surface area contributed by atoms with Crippen LogP contribution in [0.2, 0.25) is 0 Å². The van der Waals surface area contributed by atoms with Crippen LogP contribution >= 0.6 is 0 Å². The first-order chi connectivity index (χ1) is 8.77. The summed E-state index contributed by atoms with van der Waals surface area (Å²) in [6.45, 7) is 2.24. The number of carbonyl (C=O) groups excluding carboxylic acids is 1. The third-order valence-corrected chi connectivity index (χ3v) is 3.31. The molecule has 2 rings (SSSR count). The zero-order chi connectivity index (χ0) is 12.8. The van der Waals surface area contributed by atoms with Crippen molar-refractivity contribution in [2.24, 2.45) is 0 Å². The summed E-state index contributed by atoms with van der Waals surface area (Å²) in [5.74, 6) is 0. The number of likely N-dealkylation sites (N-methyl/N-ethyl adjacent to an activating group) is 1. The average molecular weight is 248 g/mol. The fourth-order valence-corrected chi connectivity index (χ4v) is 2.13. The molecule has 1 aromatic rings. The Balaban J connectivity index is 1.80. The molecule has 0 saturated carbocycles. The number of amides is 1. The van der Waals surface area contributed by atoms with Gasteiger partial charge in [0, 0.05) is 19.6 Å². The standard InChI is InChI=1S/C14H20N2O2/c1-16(13-8-5-9-15-10-13)14(17)18-11-12-6-3-2-4-7-12/h2-4,6-7,13,15H,5,8-11H2,1H3/t13-/m1/s1. The minimum atomic E-state index is -0.243. The second-order valence-corrected chi connectivity index (χ2v) is 4.65. The van der Waals surface area contributed by atoms with Crippen molar-refractivity contribution in [3.8, 4) is 0 Å². The normalized spacial score (nSPS) is 19.3. The van der Waals surface area contributed by atoms with Gasteiger partial charge in [0.1, 0.15) is 6.61 Å². The maximum absolute atomic E-state index is 11.9. The number of hydrogen-bond acceptors (Lipinski definition) is 3. The molecule has 4 heteroatoms. The van der Waals surface area contributed by atoms with E-state index in [0.29, 0.717) is 6.61 Å². The van der Waals surface area contributed by atoms with Gasteiger partial charge in [0.15, 0.2) is 0 Å². The summed E-state index contributed by atoms with van der Waals surface area (Å²) in [7, 11) is 1.81. The van der Waals surface area contributed by atoms with Gasteiger partial charge in [-0.2, -0.15) is 0 Å². The SMILES string of the molecule is CN(C(=O)OCc1ccccc1)[C@@H]1CCCNC1. The first kappa shape index (κ1) is 12.9. The van der Waals surface area contributed by atoms with Crippen molar-refractivity contribution in [2.75, 3.05) is 20.1 Å². The summed E-state index contributed by atoms with van der Waals surface area (Å²) in [5, 5.41) is 3.29. The summed E-state index contributed by atoms with van der Waals surface area (Å²) in [4.78, 5) is 13.6. The lowest BCUT2D eigenvalue weighted by Gasteiger charge is -2.30. The Morgan fingerprint density at radius 3 is 2.89 bits per heavy atom. The van der Waals surface area contributed by atoms with Gasteiger partial charge in [-0.25, -0.2) is 4.79 Å². The monoisotopic (exact) mass is 248 g/mol. The Bertz CT molecular complexity index is 375. The molecule has 1 amide bonds. The highest BCUT2D eigenvalue weighted by atomic mass is 16.6. The Hall–Kier alpha value is -1.55. The van der Waals surface area contributed by atoms with E-state index >= 15 is 0 Å². The van der Waals surface area contributed by atoms with E-state index in [4.69, 9.17) is 4.74 Å². The van der Waals surface area contributed by atoms with Crippen LogP contribution in [0.3, 0.4) is 0 Å². The van der Waals surface area contributed by atoms with Crippen LogP contribution in [0.1, 0.15) is 18.4 Å². The predicted octanol–water partition coefficient (Wildman–Crippen LogP) is 2.01. The highest BCUT2D eigenvalue weighted by Crippen LogP contribution is 2.10. The molecular formula is C14H20N2O2. The van der Waals surface area contributed by atoms with Crippen LogP contribution in [0, 0.1) is 0 Å². The molecule has 0 bridgehead atoms. The first-order valence-corrected chi connectivity index (χ1v) is 6.41. The summed E-state index contributed by atoms with van der Waals surface area (Å²) in [6, 6.07) is 9.99. The fourth-order valence-electron chi connectivity index (χ4n) is 2.13. The van der Waals surface area contributed by atoms with Crippen LogP contribution in [0.4, 0.5) is 4.79 Å². The molecule has 0 unspecified atom stereocenters. The van der Waals surface area contributed by atoms with E-state index in [1.54, 1.807) is 4.90 Å². The van der Waals surface area contributed by atoms with Gasteiger partial charge in [-0.15, -0.1) is 0 Å². The van der Waals surface area contributed by atoms with Crippen LogP contribution < -0.4 is 5.32 Å². The van der Waals surface area contributed by atoms with Crippen LogP contribution in [0.15, 0.2) is 30.3 Å². The van der Waals surface area contributed by atoms with Crippen molar-refractivity contribution >= 4 is 6.09 Å². The predicted molar refractivity (Wildman–Crippen MR) is 70.3 cm³/mol. The zero-order valence-corrected chi connectivity index (χ0v) is 10.8. The minimum absolute atomic E-state index is 0.243. The molecule has 1 aliphatic rings. The van der Waals surface area contributed by atoms with Gasteiger partial charge >= 0.3 is 6.09 Å². The second-order valence-electron chi connectivity index (χ2n) is 4.65. The number of piperidine rings is 1. The van der Waals surface area contributed by atoms with E-state index < -0.39 is 0 Å². The van der Waals surface area contributed by atoms with E-state index in [9.17, 15) is 4.79 Å². The molecule has 1 saturated heterocycles. The number of nitrogens with zero attached hydrogens (tertiary/aromatic N) is 1. The van der Waals surface area contributed by atoms with Gasteiger partial charge < -0.3 is 15.0 Å². The Labute approximate surface area is 108 Å². The molecule has 1 heterocycles. The van der Waals surface area contributed by atoms with Crippen LogP contribution in [-0.2, 0) is 11.3 Å². The van der Waals surface area contributed by atoms with E-state index in [0.717, 1.165) is 31.5 Å². The third kappa shape index (κ3) is 3.47. The minimum Gasteiger partial charge on any atom is -0.445 e. The van der Waals surface area contributed by atoms with Gasteiger partial charge in [-0.3, -0.25) is 0 Å². The fraction of sp³-hybridized carbons (Fsp3) is 0.500. The molecule has 18 heavy (non-hydrogen) atoms. The van der Waals surface area contributed by atoms with Gasteiger partial charge in [0.2, 0.25) is 0 Å². The Morgan fingerprint density at radius 1 is 1.44 bits per heavy atom. The molecule has 1 fully saturated rings. The van der Waals surface area contributed by atoms with Crippen molar-refractivity contribution in [1.82, 2.24) is 10.2 Å².